The van der Waals surface area contributed by atoms with Crippen molar-refractivity contribution in [2.24, 2.45) is 0 Å². The smallest absolute Gasteiger partial charge is 0.337 e. The Morgan fingerprint density at radius 1 is 1.38 bits per heavy atom. The van der Waals surface area contributed by atoms with Crippen LogP contribution in [0.2, 0.25) is 0 Å². The molecule has 2 aromatic rings. The molecule has 1 aliphatic heterocycles. The molecule has 0 radical (unpaired) electrons. The minimum Gasteiger partial charge on any atom is -0.465 e. The van der Waals surface area contributed by atoms with Crippen LogP contribution in [0.4, 0.5) is 0 Å². The lowest BCUT2D eigenvalue weighted by Crippen LogP contribution is -2.41. The molecule has 21 heavy (non-hydrogen) atoms. The minimum absolute atomic E-state index is 0.265. The summed E-state index contributed by atoms with van der Waals surface area (Å²) in [5, 5.41) is 14.4. The van der Waals surface area contributed by atoms with Crippen molar-refractivity contribution in [2.75, 3.05) is 7.11 Å². The van der Waals surface area contributed by atoms with Crippen LogP contribution in [0.1, 0.15) is 40.4 Å². The van der Waals surface area contributed by atoms with E-state index < -0.39 is 11.5 Å². The van der Waals surface area contributed by atoms with Crippen molar-refractivity contribution in [3.8, 4) is 5.69 Å². The SMILES string of the molecule is COC(=O)c1ccc2c(c1)-n1nnnc1C(C)(C)NC2=O. The molecule has 1 N–H and O–H groups in total. The van der Waals surface area contributed by atoms with Crippen LogP contribution in [0.3, 0.4) is 0 Å². The molecule has 8 nitrogen and oxygen atoms in total. The third kappa shape index (κ3) is 1.95. The highest BCUT2D eigenvalue weighted by molar-refractivity contribution is 6.00. The van der Waals surface area contributed by atoms with Crippen LogP contribution >= 0.6 is 0 Å². The largest absolute Gasteiger partial charge is 0.465 e. The van der Waals surface area contributed by atoms with E-state index in [0.717, 1.165) is 0 Å². The first-order chi connectivity index (χ1) is 9.94. The zero-order valence-corrected chi connectivity index (χ0v) is 11.7. The average molecular weight is 287 g/mol. The number of amides is 1. The molecule has 0 saturated carbocycles. The van der Waals surface area contributed by atoms with Gasteiger partial charge in [0.05, 0.1) is 29.5 Å². The van der Waals surface area contributed by atoms with Gasteiger partial charge in [-0.3, -0.25) is 4.79 Å². The Hall–Kier alpha value is -2.77. The average Bonchev–Trinajstić information content (AvgIpc) is 2.92. The number of tetrazole rings is 1. The van der Waals surface area contributed by atoms with Crippen molar-refractivity contribution in [2.45, 2.75) is 19.4 Å². The van der Waals surface area contributed by atoms with Crippen LogP contribution < -0.4 is 5.32 Å². The van der Waals surface area contributed by atoms with Crippen molar-refractivity contribution in [3.63, 3.8) is 0 Å². The minimum atomic E-state index is -0.731. The van der Waals surface area contributed by atoms with E-state index in [4.69, 9.17) is 4.74 Å². The summed E-state index contributed by atoms with van der Waals surface area (Å²) in [6.45, 7) is 3.61. The van der Waals surface area contributed by atoms with Gasteiger partial charge in [-0.05, 0) is 42.5 Å². The Morgan fingerprint density at radius 2 is 2.14 bits per heavy atom. The lowest BCUT2D eigenvalue weighted by molar-refractivity contribution is 0.0600. The first-order valence-corrected chi connectivity index (χ1v) is 6.28. The quantitative estimate of drug-likeness (QED) is 0.763. The standard InChI is InChI=1S/C13H13N5O3/c1-13(2)12-15-16-17-18(12)9-6-7(11(20)21-3)4-5-8(9)10(19)14-13/h4-6H,1-3H3,(H,14,19). The van der Waals surface area contributed by atoms with Gasteiger partial charge in [0.25, 0.3) is 5.91 Å². The number of carbonyl (C=O) groups excluding carboxylic acids is 2. The summed E-state index contributed by atoms with van der Waals surface area (Å²) in [6.07, 6.45) is 0. The summed E-state index contributed by atoms with van der Waals surface area (Å²) in [5.41, 5.74) is 0.429. The molecular formula is C13H13N5O3. The van der Waals surface area contributed by atoms with Gasteiger partial charge in [0.2, 0.25) is 0 Å². The fraction of sp³-hybridized carbons (Fsp3) is 0.308. The van der Waals surface area contributed by atoms with E-state index in [1.54, 1.807) is 26.0 Å². The number of ether oxygens (including phenoxy) is 1. The molecule has 108 valence electrons. The summed E-state index contributed by atoms with van der Waals surface area (Å²) < 4.78 is 6.15. The summed E-state index contributed by atoms with van der Waals surface area (Å²) in [6, 6.07) is 4.64. The van der Waals surface area contributed by atoms with Crippen LogP contribution in [0, 0.1) is 0 Å². The van der Waals surface area contributed by atoms with Gasteiger partial charge in [-0.2, -0.15) is 4.68 Å². The number of nitrogens with one attached hydrogen (secondary N) is 1. The summed E-state index contributed by atoms with van der Waals surface area (Å²) in [4.78, 5) is 24.0. The molecular weight excluding hydrogens is 274 g/mol. The molecule has 1 amide bonds. The van der Waals surface area contributed by atoms with Crippen LogP contribution in [0.5, 0.6) is 0 Å². The van der Waals surface area contributed by atoms with E-state index in [9.17, 15) is 9.59 Å². The molecule has 0 saturated heterocycles. The van der Waals surface area contributed by atoms with Gasteiger partial charge in [0.15, 0.2) is 5.82 Å². The highest BCUT2D eigenvalue weighted by Crippen LogP contribution is 2.27. The summed E-state index contributed by atoms with van der Waals surface area (Å²) >= 11 is 0. The molecule has 0 fully saturated rings. The maximum atomic E-state index is 12.3. The number of rotatable bonds is 1. The normalized spacial score (nSPS) is 15.5. The van der Waals surface area contributed by atoms with E-state index in [-0.39, 0.29) is 5.91 Å². The predicted octanol–water partition coefficient (Wildman–Crippen LogP) is 0.427. The van der Waals surface area contributed by atoms with Gasteiger partial charge < -0.3 is 10.1 Å². The van der Waals surface area contributed by atoms with E-state index in [0.29, 0.717) is 22.6 Å². The molecule has 0 bridgehead atoms. The molecule has 0 unspecified atom stereocenters. The second kappa shape index (κ2) is 4.37. The van der Waals surface area contributed by atoms with Crippen molar-refractivity contribution in [1.29, 1.82) is 0 Å². The third-order valence-corrected chi connectivity index (χ3v) is 3.35. The number of esters is 1. The van der Waals surface area contributed by atoms with E-state index in [2.05, 4.69) is 20.8 Å². The van der Waals surface area contributed by atoms with Crippen LogP contribution in [-0.2, 0) is 10.3 Å². The molecule has 0 atom stereocenters. The number of carbonyl (C=O) groups is 2. The highest BCUT2D eigenvalue weighted by Gasteiger charge is 2.35. The fourth-order valence-electron chi connectivity index (χ4n) is 2.29. The van der Waals surface area contributed by atoms with Gasteiger partial charge in [0.1, 0.15) is 0 Å². The number of methoxy groups -OCH3 is 1. The first-order valence-electron chi connectivity index (χ1n) is 6.28. The number of benzene rings is 1. The summed E-state index contributed by atoms with van der Waals surface area (Å²) in [5.74, 6) is -0.272. The highest BCUT2D eigenvalue weighted by atomic mass is 16.5. The van der Waals surface area contributed by atoms with Gasteiger partial charge in [-0.25, -0.2) is 4.79 Å². The van der Waals surface area contributed by atoms with Gasteiger partial charge in [-0.1, -0.05) is 0 Å². The van der Waals surface area contributed by atoms with E-state index >= 15 is 0 Å². The van der Waals surface area contributed by atoms with Crippen LogP contribution in [-0.4, -0.2) is 39.2 Å². The maximum absolute atomic E-state index is 12.3. The Bertz CT molecular complexity index is 750. The monoisotopic (exact) mass is 287 g/mol. The molecule has 3 rings (SSSR count). The zero-order valence-electron chi connectivity index (χ0n) is 11.7. The number of aromatic nitrogens is 4. The fourth-order valence-corrected chi connectivity index (χ4v) is 2.29. The van der Waals surface area contributed by atoms with Crippen molar-refractivity contribution < 1.29 is 14.3 Å². The van der Waals surface area contributed by atoms with E-state index in [1.165, 1.54) is 17.9 Å². The molecule has 0 aliphatic carbocycles. The molecule has 1 aromatic heterocycles. The molecule has 2 heterocycles. The zero-order chi connectivity index (χ0) is 15.2. The molecule has 1 aromatic carbocycles. The lowest BCUT2D eigenvalue weighted by Gasteiger charge is -2.21. The molecule has 1 aliphatic rings. The molecule has 0 spiro atoms. The Morgan fingerprint density at radius 3 is 2.86 bits per heavy atom. The van der Waals surface area contributed by atoms with Gasteiger partial charge >= 0.3 is 5.97 Å². The number of nitrogens with zero attached hydrogens (tertiary/aromatic N) is 4. The van der Waals surface area contributed by atoms with Gasteiger partial charge in [0, 0.05) is 0 Å². The lowest BCUT2D eigenvalue weighted by atomic mass is 10.1. The maximum Gasteiger partial charge on any atom is 0.337 e. The Balaban J connectivity index is 2.27. The van der Waals surface area contributed by atoms with Gasteiger partial charge in [-0.15, -0.1) is 5.10 Å². The number of hydrogen-bond donors (Lipinski definition) is 1. The summed E-state index contributed by atoms with van der Waals surface area (Å²) in [7, 11) is 1.30. The number of hydrogen-bond acceptors (Lipinski definition) is 6. The van der Waals surface area contributed by atoms with Crippen molar-refractivity contribution in [1.82, 2.24) is 25.5 Å². The van der Waals surface area contributed by atoms with Crippen LogP contribution in [0.25, 0.3) is 5.69 Å². The van der Waals surface area contributed by atoms with Crippen LogP contribution in [0.15, 0.2) is 18.2 Å². The molecule has 8 heteroatoms. The predicted molar refractivity (Wildman–Crippen MR) is 71.0 cm³/mol. The third-order valence-electron chi connectivity index (χ3n) is 3.35. The second-order valence-electron chi connectivity index (χ2n) is 5.22. The Kier molecular flexibility index (Phi) is 2.75. The van der Waals surface area contributed by atoms with E-state index in [1.807, 2.05) is 0 Å². The topological polar surface area (TPSA) is 99.0 Å². The first kappa shape index (κ1) is 13.2. The Labute approximate surface area is 120 Å². The van der Waals surface area contributed by atoms with Crippen molar-refractivity contribution >= 4 is 11.9 Å². The number of fused-ring (bicyclic) bond motifs is 3. The van der Waals surface area contributed by atoms with Crippen molar-refractivity contribution in [3.05, 3.63) is 35.2 Å². The second-order valence-corrected chi connectivity index (χ2v) is 5.22.